The van der Waals surface area contributed by atoms with Crippen LogP contribution in [0.4, 0.5) is 5.69 Å². The molecule has 41 heavy (non-hydrogen) atoms. The smallest absolute Gasteiger partial charge is 0.264 e. The van der Waals surface area contributed by atoms with Crippen LogP contribution in [-0.4, -0.2) is 43.8 Å². The number of benzene rings is 3. The number of hydrogen-bond acceptors (Lipinski definition) is 4. The third-order valence-electron chi connectivity index (χ3n) is 7.15. The van der Waals surface area contributed by atoms with Crippen LogP contribution in [-0.2, 0) is 26.2 Å². The van der Waals surface area contributed by atoms with Gasteiger partial charge in [0, 0.05) is 17.6 Å². The second-order valence-corrected chi connectivity index (χ2v) is 13.0. The summed E-state index contributed by atoms with van der Waals surface area (Å²) in [5.74, 6) is -0.574. The van der Waals surface area contributed by atoms with Gasteiger partial charge < -0.3 is 10.2 Å². The summed E-state index contributed by atoms with van der Waals surface area (Å²) >= 11 is 6.21. The Morgan fingerprint density at radius 1 is 0.927 bits per heavy atom. The van der Waals surface area contributed by atoms with E-state index in [9.17, 15) is 18.0 Å². The van der Waals surface area contributed by atoms with E-state index in [1.165, 1.54) is 17.0 Å². The van der Waals surface area contributed by atoms with E-state index in [0.717, 1.165) is 27.4 Å². The highest BCUT2D eigenvalue weighted by Gasteiger charge is 2.32. The molecule has 0 fully saturated rings. The Morgan fingerprint density at radius 3 is 2.12 bits per heavy atom. The van der Waals surface area contributed by atoms with Gasteiger partial charge in [-0.1, -0.05) is 74.3 Å². The maximum atomic E-state index is 14.0. The molecule has 2 amide bonds. The third kappa shape index (κ3) is 8.33. The molecule has 3 aromatic rings. The number of amides is 2. The Labute approximate surface area is 249 Å². The highest BCUT2D eigenvalue weighted by Crippen LogP contribution is 2.27. The molecule has 2 atom stereocenters. The number of nitrogens with one attached hydrogen (secondary N) is 1. The number of sulfonamides is 1. The molecule has 9 heteroatoms. The number of carbonyl (C=O) groups excluding carboxylic acids is 2. The molecular weight excluding hydrogens is 558 g/mol. The zero-order chi connectivity index (χ0) is 30.3. The number of rotatable bonds is 12. The monoisotopic (exact) mass is 597 g/mol. The number of aryl methyl sites for hydroxylation is 1. The van der Waals surface area contributed by atoms with Crippen molar-refractivity contribution >= 4 is 39.1 Å². The first-order valence-corrected chi connectivity index (χ1v) is 15.7. The van der Waals surface area contributed by atoms with E-state index in [1.54, 1.807) is 49.4 Å². The number of halogens is 1. The molecule has 7 nitrogen and oxygen atoms in total. The summed E-state index contributed by atoms with van der Waals surface area (Å²) in [5.41, 5.74) is 3.05. The Morgan fingerprint density at radius 2 is 1.56 bits per heavy atom. The van der Waals surface area contributed by atoms with Gasteiger partial charge in [0.2, 0.25) is 11.8 Å². The van der Waals surface area contributed by atoms with Gasteiger partial charge in [0.25, 0.3) is 10.0 Å². The van der Waals surface area contributed by atoms with Crippen LogP contribution in [0.3, 0.4) is 0 Å². The van der Waals surface area contributed by atoms with Gasteiger partial charge in [-0.25, -0.2) is 8.42 Å². The van der Waals surface area contributed by atoms with Gasteiger partial charge >= 0.3 is 0 Å². The minimum absolute atomic E-state index is 0.0767. The molecule has 0 saturated carbocycles. The topological polar surface area (TPSA) is 86.8 Å². The minimum atomic E-state index is -4.12. The number of nitrogens with zero attached hydrogens (tertiary/aromatic N) is 2. The molecule has 0 aromatic heterocycles. The lowest BCUT2D eigenvalue weighted by atomic mass is 10.0. The van der Waals surface area contributed by atoms with Crippen LogP contribution in [0.25, 0.3) is 0 Å². The van der Waals surface area contributed by atoms with Crippen molar-refractivity contribution < 1.29 is 18.0 Å². The van der Waals surface area contributed by atoms with E-state index in [0.29, 0.717) is 10.7 Å². The predicted octanol–water partition coefficient (Wildman–Crippen LogP) is 6.30. The summed E-state index contributed by atoms with van der Waals surface area (Å²) in [4.78, 5) is 28.7. The number of anilines is 1. The Kier molecular flexibility index (Phi) is 11.0. The second kappa shape index (κ2) is 14.0. The van der Waals surface area contributed by atoms with Gasteiger partial charge in [-0.3, -0.25) is 13.9 Å². The van der Waals surface area contributed by atoms with Gasteiger partial charge in [-0.2, -0.15) is 0 Å². The molecule has 220 valence electrons. The molecule has 0 aliphatic carbocycles. The van der Waals surface area contributed by atoms with Crippen molar-refractivity contribution in [3.8, 4) is 0 Å². The van der Waals surface area contributed by atoms with Gasteiger partial charge in [0.15, 0.2) is 0 Å². The fourth-order valence-corrected chi connectivity index (χ4v) is 5.90. The first kappa shape index (κ1) is 32.2. The van der Waals surface area contributed by atoms with E-state index in [2.05, 4.69) is 19.2 Å². The van der Waals surface area contributed by atoms with Crippen LogP contribution in [0, 0.1) is 6.92 Å². The van der Waals surface area contributed by atoms with Gasteiger partial charge in [-0.05, 0) is 80.6 Å². The molecule has 0 spiro atoms. The first-order chi connectivity index (χ1) is 19.3. The highest BCUT2D eigenvalue weighted by atomic mass is 35.5. The van der Waals surface area contributed by atoms with Crippen molar-refractivity contribution in [2.24, 2.45) is 0 Å². The van der Waals surface area contributed by atoms with Crippen LogP contribution in [0.15, 0.2) is 77.7 Å². The van der Waals surface area contributed by atoms with Crippen molar-refractivity contribution in [3.63, 3.8) is 0 Å². The molecule has 0 aliphatic heterocycles. The molecule has 0 unspecified atom stereocenters. The maximum Gasteiger partial charge on any atom is 0.264 e. The molecule has 0 saturated heterocycles. The molecule has 0 heterocycles. The van der Waals surface area contributed by atoms with Crippen LogP contribution >= 0.6 is 11.6 Å². The van der Waals surface area contributed by atoms with Crippen LogP contribution in [0.2, 0.25) is 5.02 Å². The Balaban J connectivity index is 2.04. The van der Waals surface area contributed by atoms with Gasteiger partial charge in [0.05, 0.1) is 10.6 Å². The zero-order valence-corrected chi connectivity index (χ0v) is 26.2. The standard InChI is InChI=1S/C32H40ClN3O4S/c1-7-24(5)34-32(38)25(6)35(20-26-9-8-10-28(33)19-26)31(37)21-36(29-15-13-27(14-16-29)22(2)3)41(39,40)30-17-11-23(4)12-18-30/h8-19,22,24-25H,7,20-21H2,1-6H3,(H,34,38)/t24-,25-/m0/s1. The lowest BCUT2D eigenvalue weighted by molar-refractivity contribution is -0.139. The zero-order valence-electron chi connectivity index (χ0n) is 24.6. The van der Waals surface area contributed by atoms with E-state index in [4.69, 9.17) is 11.6 Å². The quantitative estimate of drug-likeness (QED) is 0.265. The van der Waals surface area contributed by atoms with Crippen molar-refractivity contribution in [3.05, 3.63) is 94.5 Å². The second-order valence-electron chi connectivity index (χ2n) is 10.7. The van der Waals surface area contributed by atoms with Crippen molar-refractivity contribution in [1.29, 1.82) is 0 Å². The lowest BCUT2D eigenvalue weighted by Gasteiger charge is -2.32. The highest BCUT2D eigenvalue weighted by molar-refractivity contribution is 7.92. The van der Waals surface area contributed by atoms with E-state index in [-0.39, 0.29) is 29.3 Å². The average molecular weight is 598 g/mol. The maximum absolute atomic E-state index is 14.0. The molecule has 3 aromatic carbocycles. The molecule has 0 bridgehead atoms. The summed E-state index contributed by atoms with van der Waals surface area (Å²) in [5, 5.41) is 3.43. The summed E-state index contributed by atoms with van der Waals surface area (Å²) in [7, 11) is -4.12. The fourth-order valence-electron chi connectivity index (χ4n) is 4.27. The molecular formula is C32H40ClN3O4S. The van der Waals surface area contributed by atoms with Crippen LogP contribution in [0.5, 0.6) is 0 Å². The van der Waals surface area contributed by atoms with E-state index in [1.807, 2.05) is 39.0 Å². The predicted molar refractivity (Wildman–Crippen MR) is 166 cm³/mol. The summed E-state index contributed by atoms with van der Waals surface area (Å²) in [6, 6.07) is 19.8. The largest absolute Gasteiger partial charge is 0.352 e. The van der Waals surface area contributed by atoms with Gasteiger partial charge in [-0.15, -0.1) is 0 Å². The summed E-state index contributed by atoms with van der Waals surface area (Å²) in [6.07, 6.45) is 0.732. The first-order valence-electron chi connectivity index (χ1n) is 13.9. The SMILES string of the molecule is CC[C@H](C)NC(=O)[C@H](C)N(Cc1cccc(Cl)c1)C(=O)CN(c1ccc(C(C)C)cc1)S(=O)(=O)c1ccc(C)cc1. The fraction of sp³-hybridized carbons (Fsp3) is 0.375. The molecule has 0 aliphatic rings. The van der Waals surface area contributed by atoms with Crippen molar-refractivity contribution in [2.75, 3.05) is 10.8 Å². The lowest BCUT2D eigenvalue weighted by Crippen LogP contribution is -2.52. The Bertz CT molecular complexity index is 1440. The number of hydrogen-bond donors (Lipinski definition) is 1. The van der Waals surface area contributed by atoms with Gasteiger partial charge in [0.1, 0.15) is 12.6 Å². The molecule has 3 rings (SSSR count). The van der Waals surface area contributed by atoms with Crippen LogP contribution < -0.4 is 9.62 Å². The minimum Gasteiger partial charge on any atom is -0.352 e. The summed E-state index contributed by atoms with van der Waals surface area (Å²) in [6.45, 7) is 11.1. The third-order valence-corrected chi connectivity index (χ3v) is 9.17. The molecule has 0 radical (unpaired) electrons. The normalized spacial score (nSPS) is 13.0. The number of carbonyl (C=O) groups is 2. The summed E-state index contributed by atoms with van der Waals surface area (Å²) < 4.78 is 29.1. The van der Waals surface area contributed by atoms with E-state index < -0.39 is 28.5 Å². The van der Waals surface area contributed by atoms with Crippen LogP contribution in [0.1, 0.15) is 63.6 Å². The average Bonchev–Trinajstić information content (AvgIpc) is 2.94. The Hall–Kier alpha value is -3.36. The van der Waals surface area contributed by atoms with Crippen molar-refractivity contribution in [1.82, 2.24) is 10.2 Å². The van der Waals surface area contributed by atoms with Crippen molar-refractivity contribution in [2.45, 2.75) is 77.4 Å². The van der Waals surface area contributed by atoms with E-state index >= 15 is 0 Å². The molecule has 1 N–H and O–H groups in total.